The predicted octanol–water partition coefficient (Wildman–Crippen LogP) is 3.72. The second kappa shape index (κ2) is 6.83. The van der Waals surface area contributed by atoms with E-state index in [0.29, 0.717) is 18.2 Å². The summed E-state index contributed by atoms with van der Waals surface area (Å²) in [6, 6.07) is 3.97. The first-order valence-electron chi connectivity index (χ1n) is 9.36. The molecule has 1 aliphatic carbocycles. The number of rotatable bonds is 3. The summed E-state index contributed by atoms with van der Waals surface area (Å²) in [5.74, 6) is 0. The van der Waals surface area contributed by atoms with Crippen molar-refractivity contribution < 1.29 is 26.3 Å². The molecule has 6 nitrogen and oxygen atoms in total. The highest BCUT2D eigenvalue weighted by molar-refractivity contribution is 5.82. The van der Waals surface area contributed by atoms with E-state index in [0.717, 1.165) is 17.5 Å². The number of fused-ring (bicyclic) bond motifs is 1. The van der Waals surface area contributed by atoms with Gasteiger partial charge in [0.2, 0.25) is 0 Å². The van der Waals surface area contributed by atoms with Crippen molar-refractivity contribution in [1.29, 1.82) is 5.26 Å². The van der Waals surface area contributed by atoms with Gasteiger partial charge in [-0.15, -0.1) is 0 Å². The van der Waals surface area contributed by atoms with Crippen LogP contribution < -0.4 is 11.3 Å². The van der Waals surface area contributed by atoms with Gasteiger partial charge < -0.3 is 10.3 Å². The summed E-state index contributed by atoms with van der Waals surface area (Å²) in [5, 5.41) is 12.9. The Bertz CT molecular complexity index is 1330. The maximum atomic E-state index is 14.4. The lowest BCUT2D eigenvalue weighted by atomic mass is 9.83. The van der Waals surface area contributed by atoms with E-state index in [-0.39, 0.29) is 16.9 Å². The zero-order chi connectivity index (χ0) is 23.6. The van der Waals surface area contributed by atoms with Crippen molar-refractivity contribution in [3.63, 3.8) is 0 Å². The highest BCUT2D eigenvalue weighted by Crippen LogP contribution is 2.45. The molecule has 1 atom stereocenters. The average molecular weight is 455 g/mol. The molecule has 3 aromatic rings. The molecule has 0 saturated heterocycles. The van der Waals surface area contributed by atoms with Crippen molar-refractivity contribution in [2.24, 2.45) is 12.8 Å². The first kappa shape index (κ1) is 21.9. The smallest absolute Gasteiger partial charge is 0.311 e. The van der Waals surface area contributed by atoms with Crippen LogP contribution in [-0.2, 0) is 18.8 Å². The van der Waals surface area contributed by atoms with E-state index in [1.165, 1.54) is 29.9 Å². The molecule has 0 bridgehead atoms. The summed E-state index contributed by atoms with van der Waals surface area (Å²) < 4.78 is 84.8. The highest BCUT2D eigenvalue weighted by Gasteiger charge is 2.57. The Balaban J connectivity index is 2.01. The molecule has 1 saturated carbocycles. The van der Waals surface area contributed by atoms with Crippen molar-refractivity contribution in [2.45, 2.75) is 36.8 Å². The largest absolute Gasteiger partial charge is 0.417 e. The summed E-state index contributed by atoms with van der Waals surface area (Å²) in [5.41, 5.74) is -2.06. The molecule has 2 N–H and O–H groups in total. The Kier molecular flexibility index (Phi) is 4.67. The second-order valence-corrected chi connectivity index (χ2v) is 7.67. The number of aryl methyl sites for hydroxylation is 1. The molecular formula is C20H15F6N5O. The van der Waals surface area contributed by atoms with Crippen LogP contribution in [0, 0.1) is 11.3 Å². The van der Waals surface area contributed by atoms with Gasteiger partial charge in [0.25, 0.3) is 5.56 Å². The minimum Gasteiger partial charge on any atom is -0.311 e. The number of hydrogen-bond acceptors (Lipinski definition) is 4. The van der Waals surface area contributed by atoms with Crippen LogP contribution in [0.2, 0.25) is 0 Å². The van der Waals surface area contributed by atoms with Crippen LogP contribution >= 0.6 is 0 Å². The molecule has 12 heteroatoms. The molecule has 4 rings (SSSR count). The lowest BCUT2D eigenvalue weighted by molar-refractivity contribution is -0.178. The number of alkyl halides is 6. The normalized spacial score (nSPS) is 16.7. The third-order valence-corrected chi connectivity index (χ3v) is 5.58. The third kappa shape index (κ3) is 3.15. The number of benzene rings is 1. The molecule has 0 aliphatic heterocycles. The van der Waals surface area contributed by atoms with Crippen molar-refractivity contribution in [3.8, 4) is 6.07 Å². The van der Waals surface area contributed by atoms with E-state index in [1.807, 2.05) is 0 Å². The lowest BCUT2D eigenvalue weighted by Crippen LogP contribution is -2.52. The van der Waals surface area contributed by atoms with Crippen LogP contribution in [0.25, 0.3) is 10.9 Å². The maximum absolute atomic E-state index is 14.4. The monoisotopic (exact) mass is 455 g/mol. The summed E-state index contributed by atoms with van der Waals surface area (Å²) in [6.07, 6.45) is -7.26. The Labute approximate surface area is 176 Å². The van der Waals surface area contributed by atoms with E-state index >= 15 is 0 Å². The molecule has 0 spiro atoms. The standard InChI is InChI=1S/C20H15F6N5O/c1-30-16(13-6-7-31(12-3-4-12)17(32)15(13)29-30)18(28,20(24,25)26)11-2-5-14(19(21,22)23)10(8-11)9-27/h2,5-8,12H,3-4,28H2,1H3. The maximum Gasteiger partial charge on any atom is 0.417 e. The van der Waals surface area contributed by atoms with Crippen molar-refractivity contribution in [3.05, 3.63) is 63.2 Å². The SMILES string of the molecule is Cn1nc2c(=O)n(C3CC3)ccc2c1C(N)(c1ccc(C(F)(F)F)c(C#N)c1)C(F)(F)F. The number of pyridine rings is 1. The van der Waals surface area contributed by atoms with Gasteiger partial charge in [-0.25, -0.2) is 0 Å². The first-order valence-corrected chi connectivity index (χ1v) is 9.36. The van der Waals surface area contributed by atoms with Crippen molar-refractivity contribution in [1.82, 2.24) is 14.3 Å². The van der Waals surface area contributed by atoms with E-state index in [9.17, 15) is 31.1 Å². The number of halogens is 6. The molecule has 2 aromatic heterocycles. The Morgan fingerprint density at radius 1 is 1.16 bits per heavy atom. The highest BCUT2D eigenvalue weighted by atomic mass is 19.4. The summed E-state index contributed by atoms with van der Waals surface area (Å²) in [7, 11) is 1.17. The molecule has 1 unspecified atom stereocenters. The third-order valence-electron chi connectivity index (χ3n) is 5.58. The molecule has 168 valence electrons. The summed E-state index contributed by atoms with van der Waals surface area (Å²) in [6.45, 7) is 0. The van der Waals surface area contributed by atoms with Gasteiger partial charge in [-0.05, 0) is 36.6 Å². The number of nitrogens with two attached hydrogens (primary N) is 1. The molecule has 2 heterocycles. The van der Waals surface area contributed by atoms with E-state index in [2.05, 4.69) is 5.10 Å². The first-order chi connectivity index (χ1) is 14.8. The van der Waals surface area contributed by atoms with E-state index in [4.69, 9.17) is 11.0 Å². The molecule has 1 aromatic carbocycles. The van der Waals surface area contributed by atoms with Crippen LogP contribution in [0.3, 0.4) is 0 Å². The van der Waals surface area contributed by atoms with Gasteiger partial charge in [-0.2, -0.15) is 36.7 Å². The van der Waals surface area contributed by atoms with Gasteiger partial charge in [0.05, 0.1) is 22.9 Å². The zero-order valence-electron chi connectivity index (χ0n) is 16.4. The minimum atomic E-state index is -5.20. The summed E-state index contributed by atoms with van der Waals surface area (Å²) in [4.78, 5) is 12.7. The number of hydrogen-bond donors (Lipinski definition) is 1. The van der Waals surface area contributed by atoms with Crippen LogP contribution in [0.4, 0.5) is 26.3 Å². The van der Waals surface area contributed by atoms with Crippen LogP contribution in [0.1, 0.15) is 41.3 Å². The van der Waals surface area contributed by atoms with Gasteiger partial charge in [0.1, 0.15) is 0 Å². The van der Waals surface area contributed by atoms with Crippen LogP contribution in [0.15, 0.2) is 35.3 Å². The second-order valence-electron chi connectivity index (χ2n) is 7.67. The topological polar surface area (TPSA) is 89.6 Å². The average Bonchev–Trinajstić information content (AvgIpc) is 3.47. The number of nitrogens with zero attached hydrogens (tertiary/aromatic N) is 4. The Morgan fingerprint density at radius 2 is 1.81 bits per heavy atom. The summed E-state index contributed by atoms with van der Waals surface area (Å²) >= 11 is 0. The fourth-order valence-corrected chi connectivity index (χ4v) is 3.87. The lowest BCUT2D eigenvalue weighted by Gasteiger charge is -2.33. The fraction of sp³-hybridized carbons (Fsp3) is 0.350. The quantitative estimate of drug-likeness (QED) is 0.610. The molecule has 1 fully saturated rings. The van der Waals surface area contributed by atoms with Crippen LogP contribution in [-0.4, -0.2) is 20.5 Å². The molecule has 32 heavy (non-hydrogen) atoms. The van der Waals surface area contributed by atoms with Crippen LogP contribution in [0.5, 0.6) is 0 Å². The van der Waals surface area contributed by atoms with E-state index < -0.39 is 45.8 Å². The number of nitriles is 1. The predicted molar refractivity (Wildman–Crippen MR) is 100 cm³/mol. The molecule has 0 amide bonds. The van der Waals surface area contributed by atoms with Gasteiger partial charge in [0, 0.05) is 24.7 Å². The van der Waals surface area contributed by atoms with Crippen molar-refractivity contribution >= 4 is 10.9 Å². The Hall–Kier alpha value is -3.33. The van der Waals surface area contributed by atoms with E-state index in [1.54, 1.807) is 0 Å². The Morgan fingerprint density at radius 3 is 2.34 bits per heavy atom. The molecule has 1 aliphatic rings. The molecule has 0 radical (unpaired) electrons. The van der Waals surface area contributed by atoms with Crippen molar-refractivity contribution in [2.75, 3.05) is 0 Å². The van der Waals surface area contributed by atoms with Gasteiger partial charge in [-0.3, -0.25) is 9.48 Å². The van der Waals surface area contributed by atoms with Gasteiger partial charge in [0.15, 0.2) is 11.1 Å². The fourth-order valence-electron chi connectivity index (χ4n) is 3.87. The van der Waals surface area contributed by atoms with Gasteiger partial charge in [-0.1, -0.05) is 6.07 Å². The number of aromatic nitrogens is 3. The minimum absolute atomic E-state index is 0.0456. The van der Waals surface area contributed by atoms with Gasteiger partial charge >= 0.3 is 12.4 Å². The zero-order valence-corrected chi connectivity index (χ0v) is 16.4. The molecular weight excluding hydrogens is 440 g/mol.